The summed E-state index contributed by atoms with van der Waals surface area (Å²) in [5.74, 6) is 0.814. The molecule has 0 saturated carbocycles. The third-order valence-corrected chi connectivity index (χ3v) is 6.33. The molecule has 33 heavy (non-hydrogen) atoms. The normalized spacial score (nSPS) is 14.6. The Morgan fingerprint density at radius 2 is 1.94 bits per heavy atom. The molecule has 1 aliphatic rings. The molecule has 1 aliphatic heterocycles. The summed E-state index contributed by atoms with van der Waals surface area (Å²) in [6, 6.07) is 11.0. The fraction of sp³-hybridized carbons (Fsp3) is 0.400. The molecular weight excluding hydrogens is 421 g/mol. The number of carbonyl (C=O) groups is 1. The van der Waals surface area contributed by atoms with Gasteiger partial charge in [-0.05, 0) is 60.6 Å². The number of aromatic amines is 1. The molecule has 0 spiro atoms. The summed E-state index contributed by atoms with van der Waals surface area (Å²) in [6.07, 6.45) is 2.88. The predicted molar refractivity (Wildman–Crippen MR) is 125 cm³/mol. The van der Waals surface area contributed by atoms with Gasteiger partial charge in [-0.25, -0.2) is 4.39 Å². The molecule has 3 N–H and O–H groups in total. The molecule has 0 unspecified atom stereocenters. The van der Waals surface area contributed by atoms with Crippen LogP contribution >= 0.6 is 0 Å². The lowest BCUT2D eigenvalue weighted by molar-refractivity contribution is 0.0708. The van der Waals surface area contributed by atoms with E-state index in [0.717, 1.165) is 24.1 Å². The number of rotatable bonds is 7. The van der Waals surface area contributed by atoms with Gasteiger partial charge in [0.25, 0.3) is 5.91 Å². The van der Waals surface area contributed by atoms with Gasteiger partial charge in [-0.1, -0.05) is 19.1 Å². The Kier molecular flexibility index (Phi) is 7.03. The predicted octanol–water partition coefficient (Wildman–Crippen LogP) is 3.96. The average Bonchev–Trinajstić information content (AvgIpc) is 3.31. The molecule has 3 aromatic rings. The van der Waals surface area contributed by atoms with Crippen LogP contribution < -0.4 is 5.73 Å². The Labute approximate surface area is 193 Å². The highest BCUT2D eigenvalue weighted by Gasteiger charge is 2.27. The summed E-state index contributed by atoms with van der Waals surface area (Å²) in [5.41, 5.74) is 9.31. The summed E-state index contributed by atoms with van der Waals surface area (Å²) in [6.45, 7) is 3.64. The van der Waals surface area contributed by atoms with E-state index < -0.39 is 5.82 Å². The zero-order valence-electron chi connectivity index (χ0n) is 19.1. The first-order valence-corrected chi connectivity index (χ1v) is 11.4. The van der Waals surface area contributed by atoms with E-state index in [9.17, 15) is 9.18 Å². The molecular formula is C25H30FN5O2. The SMILES string of the molecule is CCc1cc(F)c(C(=O)N2CCC(c3ccc(N)cc3)CC2)cc1-c1nnc(CCOC)[nH]1. The van der Waals surface area contributed by atoms with E-state index >= 15 is 0 Å². The van der Waals surface area contributed by atoms with Crippen molar-refractivity contribution in [3.8, 4) is 11.4 Å². The van der Waals surface area contributed by atoms with E-state index in [-0.39, 0.29) is 11.5 Å². The fourth-order valence-corrected chi connectivity index (χ4v) is 4.38. The highest BCUT2D eigenvalue weighted by Crippen LogP contribution is 2.31. The van der Waals surface area contributed by atoms with Crippen molar-refractivity contribution in [2.75, 3.05) is 32.5 Å². The van der Waals surface area contributed by atoms with Gasteiger partial charge in [0, 0.05) is 37.9 Å². The van der Waals surface area contributed by atoms with Crippen molar-refractivity contribution in [2.24, 2.45) is 0 Å². The zero-order chi connectivity index (χ0) is 23.4. The van der Waals surface area contributed by atoms with Crippen LogP contribution in [0.25, 0.3) is 11.4 Å². The van der Waals surface area contributed by atoms with Gasteiger partial charge in [-0.15, -0.1) is 10.2 Å². The van der Waals surface area contributed by atoms with Crippen LogP contribution in [0.3, 0.4) is 0 Å². The zero-order valence-corrected chi connectivity index (χ0v) is 19.1. The van der Waals surface area contributed by atoms with Crippen molar-refractivity contribution >= 4 is 11.6 Å². The van der Waals surface area contributed by atoms with Crippen LogP contribution in [0.4, 0.5) is 10.1 Å². The van der Waals surface area contributed by atoms with E-state index in [0.29, 0.717) is 55.7 Å². The molecule has 0 radical (unpaired) electrons. The molecule has 2 aromatic carbocycles. The van der Waals surface area contributed by atoms with Crippen LogP contribution in [-0.4, -0.2) is 52.8 Å². The van der Waals surface area contributed by atoms with Crippen LogP contribution in [0.15, 0.2) is 36.4 Å². The van der Waals surface area contributed by atoms with Crippen molar-refractivity contribution in [1.29, 1.82) is 0 Å². The lowest BCUT2D eigenvalue weighted by Crippen LogP contribution is -2.38. The molecule has 1 aromatic heterocycles. The fourth-order valence-electron chi connectivity index (χ4n) is 4.38. The summed E-state index contributed by atoms with van der Waals surface area (Å²) in [4.78, 5) is 18.2. The largest absolute Gasteiger partial charge is 0.399 e. The van der Waals surface area contributed by atoms with E-state index in [4.69, 9.17) is 10.5 Å². The Morgan fingerprint density at radius 3 is 2.61 bits per heavy atom. The van der Waals surface area contributed by atoms with Crippen LogP contribution in [0.2, 0.25) is 0 Å². The molecule has 174 valence electrons. The number of nitrogens with one attached hydrogen (secondary N) is 1. The van der Waals surface area contributed by atoms with Crippen molar-refractivity contribution < 1.29 is 13.9 Å². The molecule has 0 aliphatic carbocycles. The molecule has 0 atom stereocenters. The molecule has 8 heteroatoms. The van der Waals surface area contributed by atoms with Gasteiger partial charge in [0.1, 0.15) is 11.6 Å². The third kappa shape index (κ3) is 5.06. The number of aromatic nitrogens is 3. The number of hydrogen-bond donors (Lipinski definition) is 2. The number of nitrogens with zero attached hydrogens (tertiary/aromatic N) is 3. The minimum Gasteiger partial charge on any atom is -0.399 e. The van der Waals surface area contributed by atoms with Gasteiger partial charge in [0.05, 0.1) is 12.2 Å². The van der Waals surface area contributed by atoms with Gasteiger partial charge in [-0.2, -0.15) is 0 Å². The third-order valence-electron chi connectivity index (χ3n) is 6.33. The van der Waals surface area contributed by atoms with Crippen molar-refractivity contribution in [2.45, 2.75) is 38.5 Å². The van der Waals surface area contributed by atoms with Crippen molar-refractivity contribution in [3.63, 3.8) is 0 Å². The van der Waals surface area contributed by atoms with Crippen LogP contribution in [0, 0.1) is 5.82 Å². The molecule has 4 rings (SSSR count). The molecule has 1 saturated heterocycles. The Hall–Kier alpha value is -3.26. The first kappa shape index (κ1) is 22.9. The number of nitrogen functional groups attached to an aromatic ring is 1. The summed E-state index contributed by atoms with van der Waals surface area (Å²) >= 11 is 0. The number of methoxy groups -OCH3 is 1. The number of nitrogens with two attached hydrogens (primary N) is 1. The number of H-pyrrole nitrogens is 1. The highest BCUT2D eigenvalue weighted by molar-refractivity contribution is 5.96. The standard InChI is InChI=1S/C25H30FN5O2/c1-3-16-14-22(26)21(15-20(16)24-28-23(29-30-24)10-13-33-2)25(32)31-11-8-18(9-12-31)17-4-6-19(27)7-5-17/h4-7,14-15,18H,3,8-13,27H2,1-2H3,(H,28,29,30). The summed E-state index contributed by atoms with van der Waals surface area (Å²) in [5, 5.41) is 8.38. The number of likely N-dealkylation sites (tertiary alicyclic amines) is 1. The van der Waals surface area contributed by atoms with Gasteiger partial charge in [-0.3, -0.25) is 4.79 Å². The average molecular weight is 452 g/mol. The number of ether oxygens (including phenoxy) is 1. The maximum absolute atomic E-state index is 15.0. The van der Waals surface area contributed by atoms with Gasteiger partial charge < -0.3 is 20.4 Å². The first-order chi connectivity index (χ1) is 16.0. The van der Waals surface area contributed by atoms with E-state index in [1.165, 1.54) is 11.6 Å². The lowest BCUT2D eigenvalue weighted by Gasteiger charge is -2.32. The maximum Gasteiger partial charge on any atom is 0.256 e. The van der Waals surface area contributed by atoms with Gasteiger partial charge in [0.15, 0.2) is 5.82 Å². The molecule has 2 heterocycles. The molecule has 1 fully saturated rings. The topological polar surface area (TPSA) is 97.1 Å². The molecule has 0 bridgehead atoms. The Balaban J connectivity index is 1.52. The smallest absolute Gasteiger partial charge is 0.256 e. The van der Waals surface area contributed by atoms with Crippen molar-refractivity contribution in [3.05, 3.63) is 64.7 Å². The number of amides is 1. The second-order valence-electron chi connectivity index (χ2n) is 8.44. The molecule has 1 amide bonds. The minimum atomic E-state index is -0.500. The summed E-state index contributed by atoms with van der Waals surface area (Å²) < 4.78 is 20.1. The van der Waals surface area contributed by atoms with Crippen LogP contribution in [0.1, 0.15) is 53.0 Å². The summed E-state index contributed by atoms with van der Waals surface area (Å²) in [7, 11) is 1.63. The number of anilines is 1. The monoisotopic (exact) mass is 451 g/mol. The number of aryl methyl sites for hydroxylation is 1. The number of benzene rings is 2. The number of carbonyl (C=O) groups excluding carboxylic acids is 1. The number of halogens is 1. The van der Waals surface area contributed by atoms with E-state index in [2.05, 4.69) is 15.2 Å². The second-order valence-corrected chi connectivity index (χ2v) is 8.44. The van der Waals surface area contributed by atoms with Gasteiger partial charge in [0.2, 0.25) is 0 Å². The lowest BCUT2D eigenvalue weighted by atomic mass is 9.89. The van der Waals surface area contributed by atoms with E-state index in [1.54, 1.807) is 18.1 Å². The number of piperidine rings is 1. The molecule has 7 nitrogen and oxygen atoms in total. The quantitative estimate of drug-likeness (QED) is 0.530. The Bertz CT molecular complexity index is 1100. The minimum absolute atomic E-state index is 0.0722. The van der Waals surface area contributed by atoms with Crippen LogP contribution in [-0.2, 0) is 17.6 Å². The second kappa shape index (κ2) is 10.1. The van der Waals surface area contributed by atoms with Crippen LogP contribution in [0.5, 0.6) is 0 Å². The first-order valence-electron chi connectivity index (χ1n) is 11.4. The van der Waals surface area contributed by atoms with Gasteiger partial charge >= 0.3 is 0 Å². The Morgan fingerprint density at radius 1 is 1.21 bits per heavy atom. The highest BCUT2D eigenvalue weighted by atomic mass is 19.1. The van der Waals surface area contributed by atoms with Crippen molar-refractivity contribution in [1.82, 2.24) is 20.1 Å². The maximum atomic E-state index is 15.0. The van der Waals surface area contributed by atoms with E-state index in [1.807, 2.05) is 31.2 Å². The number of hydrogen-bond acceptors (Lipinski definition) is 5.